The molecule has 1 heterocycles. The molecule has 11 heteroatoms. The molecule has 0 unspecified atom stereocenters. The molecule has 1 N–H and O–H groups in total. The van der Waals surface area contributed by atoms with E-state index < -0.39 is 33.6 Å². The maximum absolute atomic E-state index is 13.6. The molecule has 0 aliphatic heterocycles. The van der Waals surface area contributed by atoms with Crippen molar-refractivity contribution < 1.29 is 26.5 Å². The number of hydrogen-bond donors (Lipinski definition) is 1. The average molecular weight is 450 g/mol. The van der Waals surface area contributed by atoms with Crippen LogP contribution in [-0.2, 0) is 21.4 Å². The van der Waals surface area contributed by atoms with Crippen LogP contribution in [0.15, 0.2) is 47.0 Å². The van der Waals surface area contributed by atoms with Crippen LogP contribution in [0.3, 0.4) is 0 Å². The van der Waals surface area contributed by atoms with Crippen molar-refractivity contribution in [3.8, 4) is 11.4 Å². The van der Waals surface area contributed by atoms with Crippen LogP contribution in [0, 0.1) is 18.6 Å². The number of carbonyl (C=O) groups is 1. The van der Waals surface area contributed by atoms with E-state index in [1.165, 1.54) is 6.92 Å². The summed E-state index contributed by atoms with van der Waals surface area (Å²) in [7, 11) is -3.98. The first kappa shape index (κ1) is 22.3. The van der Waals surface area contributed by atoms with Crippen molar-refractivity contribution in [1.29, 1.82) is 0 Å². The highest BCUT2D eigenvalue weighted by atomic mass is 32.2. The second-order valence-corrected chi connectivity index (χ2v) is 8.79. The topological polar surface area (TPSA) is 105 Å². The number of rotatable bonds is 7. The standard InChI is InChI=1S/C20H20F2N4O4S/c1-12-5-4-6-14(9-12)19-24-18(30-25-19)11-23-20(27)13(2)26(31(3,28)29)15-7-8-16(21)17(22)10-15/h4-10,13H,11H2,1-3H3,(H,23,27)/t13-/m0/s1. The van der Waals surface area contributed by atoms with Crippen LogP contribution in [0.5, 0.6) is 0 Å². The number of anilines is 1. The van der Waals surface area contributed by atoms with Gasteiger partial charge < -0.3 is 9.84 Å². The van der Waals surface area contributed by atoms with E-state index >= 15 is 0 Å². The van der Waals surface area contributed by atoms with Crippen LogP contribution in [-0.4, -0.2) is 36.8 Å². The summed E-state index contributed by atoms with van der Waals surface area (Å²) in [5.74, 6) is -2.58. The molecule has 0 fully saturated rings. The van der Waals surface area contributed by atoms with Crippen molar-refractivity contribution in [1.82, 2.24) is 15.5 Å². The molecule has 0 spiro atoms. The van der Waals surface area contributed by atoms with Gasteiger partial charge in [0.05, 0.1) is 18.5 Å². The molecule has 31 heavy (non-hydrogen) atoms. The average Bonchev–Trinajstić information content (AvgIpc) is 3.17. The number of benzene rings is 2. The fourth-order valence-electron chi connectivity index (χ4n) is 2.97. The number of aromatic nitrogens is 2. The maximum Gasteiger partial charge on any atom is 0.246 e. The molecular formula is C20H20F2N4O4S. The third-order valence-electron chi connectivity index (χ3n) is 4.40. The van der Waals surface area contributed by atoms with Crippen LogP contribution < -0.4 is 9.62 Å². The Kier molecular flexibility index (Phi) is 6.34. The van der Waals surface area contributed by atoms with Gasteiger partial charge in [-0.2, -0.15) is 4.98 Å². The van der Waals surface area contributed by atoms with Gasteiger partial charge in [0.25, 0.3) is 0 Å². The highest BCUT2D eigenvalue weighted by Crippen LogP contribution is 2.23. The maximum atomic E-state index is 13.6. The molecule has 0 bridgehead atoms. The second-order valence-electron chi connectivity index (χ2n) is 6.93. The van der Waals surface area contributed by atoms with Crippen molar-refractivity contribution in [2.45, 2.75) is 26.4 Å². The van der Waals surface area contributed by atoms with E-state index in [0.29, 0.717) is 16.2 Å². The summed E-state index contributed by atoms with van der Waals surface area (Å²) in [5, 5.41) is 6.38. The number of sulfonamides is 1. The number of aryl methyl sites for hydroxylation is 1. The Hall–Kier alpha value is -3.34. The predicted molar refractivity (Wildman–Crippen MR) is 109 cm³/mol. The summed E-state index contributed by atoms with van der Waals surface area (Å²) in [4.78, 5) is 16.8. The normalized spacial score (nSPS) is 12.4. The zero-order chi connectivity index (χ0) is 22.8. The molecule has 2 aromatic carbocycles. The molecule has 1 atom stereocenters. The summed E-state index contributed by atoms with van der Waals surface area (Å²) < 4.78 is 57.1. The molecular weight excluding hydrogens is 430 g/mol. The lowest BCUT2D eigenvalue weighted by atomic mass is 10.1. The highest BCUT2D eigenvalue weighted by Gasteiger charge is 2.30. The number of halogens is 2. The monoisotopic (exact) mass is 450 g/mol. The largest absolute Gasteiger partial charge is 0.345 e. The summed E-state index contributed by atoms with van der Waals surface area (Å²) in [6.07, 6.45) is 0.865. The minimum atomic E-state index is -3.98. The Labute approximate surface area is 177 Å². The van der Waals surface area contributed by atoms with Gasteiger partial charge in [-0.3, -0.25) is 9.10 Å². The Morgan fingerprint density at radius 1 is 1.19 bits per heavy atom. The van der Waals surface area contributed by atoms with Gasteiger partial charge in [0.2, 0.25) is 27.6 Å². The van der Waals surface area contributed by atoms with E-state index in [9.17, 15) is 22.0 Å². The minimum Gasteiger partial charge on any atom is -0.345 e. The van der Waals surface area contributed by atoms with Crippen molar-refractivity contribution in [2.24, 2.45) is 0 Å². The number of nitrogens with zero attached hydrogens (tertiary/aromatic N) is 3. The molecule has 1 amide bonds. The zero-order valence-electron chi connectivity index (χ0n) is 17.0. The summed E-state index contributed by atoms with van der Waals surface area (Å²) >= 11 is 0. The minimum absolute atomic E-state index is 0.121. The Morgan fingerprint density at radius 3 is 2.58 bits per heavy atom. The van der Waals surface area contributed by atoms with E-state index in [4.69, 9.17) is 4.52 Å². The zero-order valence-corrected chi connectivity index (χ0v) is 17.8. The van der Waals surface area contributed by atoms with Gasteiger partial charge in [-0.1, -0.05) is 28.9 Å². The van der Waals surface area contributed by atoms with Crippen molar-refractivity contribution in [3.05, 3.63) is 65.6 Å². The molecule has 3 aromatic rings. The summed E-state index contributed by atoms with van der Waals surface area (Å²) in [6, 6.07) is 8.80. The quantitative estimate of drug-likeness (QED) is 0.594. The van der Waals surface area contributed by atoms with Crippen molar-refractivity contribution in [3.63, 3.8) is 0 Å². The lowest BCUT2D eigenvalue weighted by Gasteiger charge is -2.28. The lowest BCUT2D eigenvalue weighted by Crippen LogP contribution is -2.47. The van der Waals surface area contributed by atoms with Gasteiger partial charge in [0.15, 0.2) is 11.6 Å². The first-order valence-electron chi connectivity index (χ1n) is 9.18. The molecule has 0 aliphatic carbocycles. The van der Waals surface area contributed by atoms with Crippen LogP contribution in [0.25, 0.3) is 11.4 Å². The molecule has 3 rings (SSSR count). The van der Waals surface area contributed by atoms with Gasteiger partial charge in [-0.05, 0) is 32.0 Å². The van der Waals surface area contributed by atoms with Crippen LogP contribution >= 0.6 is 0 Å². The number of nitrogens with one attached hydrogen (secondary N) is 1. The van der Waals surface area contributed by atoms with Gasteiger partial charge in [-0.15, -0.1) is 0 Å². The lowest BCUT2D eigenvalue weighted by molar-refractivity contribution is -0.122. The van der Waals surface area contributed by atoms with Crippen molar-refractivity contribution >= 4 is 21.6 Å². The Balaban J connectivity index is 1.73. The Morgan fingerprint density at radius 2 is 1.94 bits per heavy atom. The molecule has 8 nitrogen and oxygen atoms in total. The second kappa shape index (κ2) is 8.80. The fourth-order valence-corrected chi connectivity index (χ4v) is 4.14. The predicted octanol–water partition coefficient (Wildman–Crippen LogP) is 2.79. The van der Waals surface area contributed by atoms with Crippen LogP contribution in [0.4, 0.5) is 14.5 Å². The molecule has 1 aromatic heterocycles. The number of amides is 1. The Bertz CT molecular complexity index is 1210. The first-order chi connectivity index (χ1) is 14.6. The third kappa shape index (κ3) is 5.23. The molecule has 0 radical (unpaired) electrons. The summed E-state index contributed by atoms with van der Waals surface area (Å²) in [5.41, 5.74) is 1.59. The number of hydrogen-bond acceptors (Lipinski definition) is 6. The van der Waals surface area contributed by atoms with Gasteiger partial charge in [0.1, 0.15) is 6.04 Å². The van der Waals surface area contributed by atoms with E-state index in [1.54, 1.807) is 0 Å². The van der Waals surface area contributed by atoms with Gasteiger partial charge in [0, 0.05) is 11.6 Å². The molecule has 0 saturated carbocycles. The molecule has 164 valence electrons. The van der Waals surface area contributed by atoms with Crippen LogP contribution in [0.1, 0.15) is 18.4 Å². The van der Waals surface area contributed by atoms with E-state index in [2.05, 4.69) is 15.5 Å². The van der Waals surface area contributed by atoms with Crippen LogP contribution in [0.2, 0.25) is 0 Å². The van der Waals surface area contributed by atoms with E-state index in [0.717, 1.165) is 29.5 Å². The highest BCUT2D eigenvalue weighted by molar-refractivity contribution is 7.92. The fraction of sp³-hybridized carbons (Fsp3) is 0.250. The molecule has 0 saturated heterocycles. The SMILES string of the molecule is Cc1cccc(-c2noc(CNC(=O)[C@H](C)N(c3ccc(F)c(F)c3)S(C)(=O)=O)n2)c1. The van der Waals surface area contributed by atoms with E-state index in [1.807, 2.05) is 31.2 Å². The van der Waals surface area contributed by atoms with Gasteiger partial charge in [-0.25, -0.2) is 17.2 Å². The smallest absolute Gasteiger partial charge is 0.246 e. The number of carbonyl (C=O) groups excluding carboxylic acids is 1. The van der Waals surface area contributed by atoms with Gasteiger partial charge >= 0.3 is 0 Å². The summed E-state index contributed by atoms with van der Waals surface area (Å²) in [6.45, 7) is 3.10. The van der Waals surface area contributed by atoms with E-state index in [-0.39, 0.29) is 18.1 Å². The van der Waals surface area contributed by atoms with Crippen molar-refractivity contribution in [2.75, 3.05) is 10.6 Å². The molecule has 0 aliphatic rings. The third-order valence-corrected chi connectivity index (χ3v) is 5.65. The first-order valence-corrected chi connectivity index (χ1v) is 11.0.